The van der Waals surface area contributed by atoms with Gasteiger partial charge in [-0.25, -0.2) is 14.4 Å². The lowest BCUT2D eigenvalue weighted by Crippen LogP contribution is -2.32. The smallest absolute Gasteiger partial charge is 0.296 e. The normalized spacial score (nSPS) is 15.7. The molecule has 6 rings (SSSR count). The molecule has 0 saturated heterocycles. The van der Waals surface area contributed by atoms with Gasteiger partial charge in [0.2, 0.25) is 11.7 Å². The Labute approximate surface area is 214 Å². The molecule has 0 aliphatic carbocycles. The predicted molar refractivity (Wildman–Crippen MR) is 139 cm³/mol. The van der Waals surface area contributed by atoms with E-state index in [9.17, 15) is 14.7 Å². The summed E-state index contributed by atoms with van der Waals surface area (Å²) < 4.78 is 15.1. The van der Waals surface area contributed by atoms with Gasteiger partial charge in [0.25, 0.3) is 5.91 Å². The van der Waals surface area contributed by atoms with Gasteiger partial charge in [-0.15, -0.1) is 11.3 Å². The lowest BCUT2D eigenvalue weighted by molar-refractivity contribution is -0.117. The second-order valence-electron chi connectivity index (χ2n) is 8.57. The molecule has 1 aliphatic heterocycles. The second kappa shape index (κ2) is 8.79. The standard InChI is InChI=1S/C28H19FN4O3S/c1-15-25(37-26(30-15)16-9-3-2-4-10-16)23(34)21-22(17-11-5-6-12-18(17)29)33(27(36)24(21)35)28-31-19-13-7-8-14-20(19)32-28/h2-14,22,35H,1H3,(H,31,32). The molecule has 1 amide bonds. The Morgan fingerprint density at radius 3 is 2.46 bits per heavy atom. The molecular weight excluding hydrogens is 491 g/mol. The molecule has 0 radical (unpaired) electrons. The zero-order valence-electron chi connectivity index (χ0n) is 19.5. The highest BCUT2D eigenvalue weighted by Crippen LogP contribution is 2.43. The largest absolute Gasteiger partial charge is 0.503 e. The van der Waals surface area contributed by atoms with Crippen molar-refractivity contribution in [2.75, 3.05) is 4.90 Å². The minimum atomic E-state index is -1.23. The van der Waals surface area contributed by atoms with Crippen LogP contribution in [-0.4, -0.2) is 31.7 Å². The van der Waals surface area contributed by atoms with Crippen LogP contribution in [0.4, 0.5) is 10.3 Å². The Morgan fingerprint density at radius 2 is 1.70 bits per heavy atom. The van der Waals surface area contributed by atoms with Crippen molar-refractivity contribution in [3.8, 4) is 10.6 Å². The summed E-state index contributed by atoms with van der Waals surface area (Å²) in [7, 11) is 0. The molecule has 2 aromatic heterocycles. The van der Waals surface area contributed by atoms with E-state index >= 15 is 4.39 Å². The summed E-state index contributed by atoms with van der Waals surface area (Å²) in [6, 6.07) is 21.2. The van der Waals surface area contributed by atoms with Gasteiger partial charge in [-0.1, -0.05) is 60.7 Å². The number of H-pyrrole nitrogens is 1. The van der Waals surface area contributed by atoms with Crippen LogP contribution in [0.15, 0.2) is 90.2 Å². The van der Waals surface area contributed by atoms with Gasteiger partial charge in [-0.05, 0) is 25.1 Å². The minimum absolute atomic E-state index is 0.0640. The molecule has 5 aromatic rings. The summed E-state index contributed by atoms with van der Waals surface area (Å²) in [5.41, 5.74) is 2.38. The number of thiazole rings is 1. The topological polar surface area (TPSA) is 99.2 Å². The number of halogens is 1. The van der Waals surface area contributed by atoms with Gasteiger partial charge in [-0.2, -0.15) is 0 Å². The summed E-state index contributed by atoms with van der Waals surface area (Å²) in [6.45, 7) is 1.69. The van der Waals surface area contributed by atoms with Crippen LogP contribution in [0, 0.1) is 12.7 Å². The molecule has 182 valence electrons. The first-order chi connectivity index (χ1) is 17.9. The highest BCUT2D eigenvalue weighted by Gasteiger charge is 2.47. The molecule has 1 atom stereocenters. The summed E-state index contributed by atoms with van der Waals surface area (Å²) in [5.74, 6) is -2.70. The molecule has 9 heteroatoms. The van der Waals surface area contributed by atoms with Crippen molar-refractivity contribution in [1.29, 1.82) is 0 Å². The minimum Gasteiger partial charge on any atom is -0.503 e. The zero-order chi connectivity index (χ0) is 25.7. The fourth-order valence-electron chi connectivity index (χ4n) is 4.53. The number of ketones is 1. The zero-order valence-corrected chi connectivity index (χ0v) is 20.3. The summed E-state index contributed by atoms with van der Waals surface area (Å²) in [5, 5.41) is 11.6. The van der Waals surface area contributed by atoms with Crippen LogP contribution >= 0.6 is 11.3 Å². The number of para-hydroxylation sites is 2. The van der Waals surface area contributed by atoms with Crippen LogP contribution < -0.4 is 4.90 Å². The number of amides is 1. The third kappa shape index (κ3) is 3.71. The molecule has 1 aliphatic rings. The summed E-state index contributed by atoms with van der Waals surface area (Å²) in [4.78, 5) is 40.8. The van der Waals surface area contributed by atoms with Gasteiger partial charge in [0, 0.05) is 11.1 Å². The van der Waals surface area contributed by atoms with Crippen molar-refractivity contribution in [3.05, 3.63) is 112 Å². The Hall–Kier alpha value is -4.63. The maximum Gasteiger partial charge on any atom is 0.296 e. The molecule has 3 heterocycles. The van der Waals surface area contributed by atoms with Crippen molar-refractivity contribution in [2.24, 2.45) is 0 Å². The van der Waals surface area contributed by atoms with Crippen LogP contribution in [0.25, 0.3) is 21.6 Å². The van der Waals surface area contributed by atoms with E-state index in [1.165, 1.54) is 18.2 Å². The number of carbonyl (C=O) groups is 2. The summed E-state index contributed by atoms with van der Waals surface area (Å²) >= 11 is 1.16. The fraction of sp³-hybridized carbons (Fsp3) is 0.0714. The summed E-state index contributed by atoms with van der Waals surface area (Å²) in [6.07, 6.45) is 0. The monoisotopic (exact) mass is 510 g/mol. The molecule has 0 spiro atoms. The first-order valence-corrected chi connectivity index (χ1v) is 12.3. The van der Waals surface area contributed by atoms with E-state index in [-0.39, 0.29) is 22.0 Å². The molecule has 7 nitrogen and oxygen atoms in total. The highest BCUT2D eigenvalue weighted by atomic mass is 32.1. The first kappa shape index (κ1) is 22.8. The van der Waals surface area contributed by atoms with Gasteiger partial charge in [-0.3, -0.25) is 14.5 Å². The number of rotatable bonds is 5. The van der Waals surface area contributed by atoms with Crippen LogP contribution in [0.1, 0.15) is 27.0 Å². The molecule has 3 aromatic carbocycles. The van der Waals surface area contributed by atoms with Crippen LogP contribution in [0.3, 0.4) is 0 Å². The van der Waals surface area contributed by atoms with E-state index in [0.29, 0.717) is 21.7 Å². The number of Topliss-reactive ketones (excluding diaryl/α,β-unsaturated/α-hetero) is 1. The van der Waals surface area contributed by atoms with Crippen molar-refractivity contribution >= 4 is 40.0 Å². The molecule has 37 heavy (non-hydrogen) atoms. The van der Waals surface area contributed by atoms with Crippen LogP contribution in [0.2, 0.25) is 0 Å². The van der Waals surface area contributed by atoms with Gasteiger partial charge < -0.3 is 10.1 Å². The molecule has 1 unspecified atom stereocenters. The number of aryl methyl sites for hydroxylation is 1. The number of aliphatic hydroxyl groups excluding tert-OH is 1. The first-order valence-electron chi connectivity index (χ1n) is 11.5. The van der Waals surface area contributed by atoms with Crippen molar-refractivity contribution in [1.82, 2.24) is 15.0 Å². The van der Waals surface area contributed by atoms with Gasteiger partial charge >= 0.3 is 0 Å². The number of aromatic amines is 1. The number of hydrogen-bond acceptors (Lipinski definition) is 6. The van der Waals surface area contributed by atoms with Gasteiger partial charge in [0.05, 0.1) is 27.2 Å². The maximum absolute atomic E-state index is 15.1. The van der Waals surface area contributed by atoms with E-state index in [0.717, 1.165) is 21.8 Å². The number of fused-ring (bicyclic) bond motifs is 1. The van der Waals surface area contributed by atoms with Crippen molar-refractivity contribution < 1.29 is 19.1 Å². The SMILES string of the molecule is Cc1nc(-c2ccccc2)sc1C(=O)C1=C(O)C(=O)N(c2nc3ccccc3[nH]2)C1c1ccccc1F. The third-order valence-corrected chi connectivity index (χ3v) is 7.49. The van der Waals surface area contributed by atoms with Crippen molar-refractivity contribution in [3.63, 3.8) is 0 Å². The van der Waals surface area contributed by atoms with Gasteiger partial charge in [0.15, 0.2) is 5.76 Å². The number of aromatic nitrogens is 3. The number of nitrogens with zero attached hydrogens (tertiary/aromatic N) is 3. The molecule has 2 N–H and O–H groups in total. The van der Waals surface area contributed by atoms with E-state index in [1.54, 1.807) is 31.2 Å². The average Bonchev–Trinajstić information content (AvgIpc) is 3.58. The molecule has 0 fully saturated rings. The van der Waals surface area contributed by atoms with Crippen LogP contribution in [-0.2, 0) is 4.79 Å². The number of nitrogens with one attached hydrogen (secondary N) is 1. The maximum atomic E-state index is 15.1. The predicted octanol–water partition coefficient (Wildman–Crippen LogP) is 5.92. The number of carbonyl (C=O) groups excluding carboxylic acids is 2. The Balaban J connectivity index is 1.50. The number of hydrogen-bond donors (Lipinski definition) is 2. The average molecular weight is 511 g/mol. The highest BCUT2D eigenvalue weighted by molar-refractivity contribution is 7.17. The van der Waals surface area contributed by atoms with E-state index in [1.807, 2.05) is 36.4 Å². The Morgan fingerprint density at radius 1 is 1.00 bits per heavy atom. The lowest BCUT2D eigenvalue weighted by atomic mass is 9.95. The molecule has 0 saturated carbocycles. The fourth-order valence-corrected chi connectivity index (χ4v) is 5.56. The van der Waals surface area contributed by atoms with E-state index in [2.05, 4.69) is 15.0 Å². The second-order valence-corrected chi connectivity index (χ2v) is 9.57. The van der Waals surface area contributed by atoms with E-state index in [4.69, 9.17) is 0 Å². The Kier molecular flexibility index (Phi) is 5.42. The van der Waals surface area contributed by atoms with E-state index < -0.39 is 29.3 Å². The third-order valence-electron chi connectivity index (χ3n) is 6.28. The lowest BCUT2D eigenvalue weighted by Gasteiger charge is -2.24. The number of benzene rings is 3. The number of anilines is 1. The number of imidazole rings is 1. The van der Waals surface area contributed by atoms with Crippen LogP contribution in [0.5, 0.6) is 0 Å². The molecular formula is C28H19FN4O3S. The number of aliphatic hydroxyl groups is 1. The van der Waals surface area contributed by atoms with Crippen molar-refractivity contribution in [2.45, 2.75) is 13.0 Å². The Bertz CT molecular complexity index is 1690. The van der Waals surface area contributed by atoms with Gasteiger partial charge in [0.1, 0.15) is 16.9 Å². The molecule has 0 bridgehead atoms. The quantitative estimate of drug-likeness (QED) is 0.286.